The Morgan fingerprint density at radius 1 is 0.562 bits per heavy atom. The normalized spacial score (nSPS) is 10.5. The van der Waals surface area contributed by atoms with Crippen LogP contribution in [-0.4, -0.2) is 87.9 Å². The van der Waals surface area contributed by atoms with Gasteiger partial charge in [-0.15, -0.1) is 0 Å². The van der Waals surface area contributed by atoms with Gasteiger partial charge in [-0.05, 0) is 123 Å². The van der Waals surface area contributed by atoms with Crippen molar-refractivity contribution in [1.82, 2.24) is 39.9 Å². The Bertz CT molecular complexity index is 3280. The number of carbonyl (C=O) groups excluding carboxylic acids is 1. The summed E-state index contributed by atoms with van der Waals surface area (Å²) in [5.74, 6) is 1.61. The van der Waals surface area contributed by atoms with Gasteiger partial charge in [0.05, 0.1) is 98.7 Å². The number of hydrogen-bond donors (Lipinski definition) is 4. The second-order valence-electron chi connectivity index (χ2n) is 16.8. The molecule has 8 aromatic rings. The van der Waals surface area contributed by atoms with Crippen LogP contribution in [0.3, 0.4) is 0 Å². The summed E-state index contributed by atoms with van der Waals surface area (Å²) in [7, 11) is -0.406. The molecule has 0 aromatic carbocycles. The molecule has 0 radical (unpaired) electrons. The minimum absolute atomic E-state index is 0. The molecule has 5 N–H and O–H groups in total. The van der Waals surface area contributed by atoms with Gasteiger partial charge in [-0.3, -0.25) is 39.8 Å². The summed E-state index contributed by atoms with van der Waals surface area (Å²) >= 11 is 52.9. The van der Waals surface area contributed by atoms with Gasteiger partial charge in [0.2, 0.25) is 0 Å². The van der Waals surface area contributed by atoms with Crippen molar-refractivity contribution in [2.75, 3.05) is 5.73 Å². The Hall–Kier alpha value is -1.45. The average molecular weight is 1760 g/mol. The van der Waals surface area contributed by atoms with Crippen LogP contribution in [0.5, 0.6) is 28.7 Å². The molecular formula is C52H55B3Cl9Cs2IN10O12. The molecule has 0 amide bonds. The van der Waals surface area contributed by atoms with Gasteiger partial charge in [-0.1, -0.05) is 104 Å². The molecule has 22 nitrogen and oxygen atoms in total. The Morgan fingerprint density at radius 3 is 1.37 bits per heavy atom. The molecule has 0 saturated carbocycles. The summed E-state index contributed by atoms with van der Waals surface area (Å²) < 4.78 is 21.6. The Kier molecular flexibility index (Phi) is 48.6. The first-order valence-electron chi connectivity index (χ1n) is 24.4. The van der Waals surface area contributed by atoms with Gasteiger partial charge in [0, 0.05) is 53.8 Å². The number of aromatic nitrogens is 8. The van der Waals surface area contributed by atoms with E-state index in [9.17, 15) is 10.1 Å². The first kappa shape index (κ1) is 89.6. The van der Waals surface area contributed by atoms with Crippen LogP contribution in [0.25, 0.3) is 0 Å². The number of pyridine rings is 8. The summed E-state index contributed by atoms with van der Waals surface area (Å²) in [6.07, 6.45) is 7.27. The summed E-state index contributed by atoms with van der Waals surface area (Å²) in [4.78, 5) is 52.2. The van der Waals surface area contributed by atoms with E-state index in [4.69, 9.17) is 154 Å². The van der Waals surface area contributed by atoms with Crippen molar-refractivity contribution in [2.24, 2.45) is 0 Å². The third-order valence-corrected chi connectivity index (χ3v) is 13.5. The Labute approximate surface area is 694 Å². The van der Waals surface area contributed by atoms with Crippen LogP contribution in [0.15, 0.2) is 91.6 Å². The zero-order chi connectivity index (χ0) is 66.2. The zero-order valence-corrected chi connectivity index (χ0v) is 71.4. The molecule has 1 fully saturated rings. The van der Waals surface area contributed by atoms with Crippen molar-refractivity contribution in [3.8, 4) is 28.7 Å². The number of nitrogens with zero attached hydrogens (tertiary/aromatic N) is 9. The molecule has 0 spiro atoms. The SMILES string of the molecule is CB1OB(C)OB(C)O1.Cc1nc(C)c(Cl)cc1O.Cc1nc(C)c(Oc2ccnc(Cl)c2)cc1Cl.Cc1nc(I)c(O)cc1Cl.Cc1ncc(N)cc1Cl.Cc1ncc(O)cc1Cl.Cc1ncc([N+](=O)[O-])cc1Cl.Clc1ccnc(Cl)c1.O=CO[O-].[Cs+].[Cs+].[H-]. The van der Waals surface area contributed by atoms with Gasteiger partial charge in [0.25, 0.3) is 12.2 Å². The fourth-order valence-electron chi connectivity index (χ4n) is 5.49. The predicted molar refractivity (Wildman–Crippen MR) is 352 cm³/mol. The summed E-state index contributed by atoms with van der Waals surface area (Å²) in [5.41, 5.74) is 11.7. The van der Waals surface area contributed by atoms with E-state index in [0.717, 1.165) is 34.2 Å². The number of aryl methyl sites for hydroxylation is 8. The molecule has 1 aliphatic rings. The number of halogens is 10. The third-order valence-electron chi connectivity index (χ3n) is 9.78. The Morgan fingerprint density at radius 2 is 0.978 bits per heavy atom. The molecule has 0 aliphatic carbocycles. The number of nitrogens with two attached hydrogens (primary N) is 1. The van der Waals surface area contributed by atoms with Crippen LogP contribution in [0.1, 0.15) is 47.0 Å². The van der Waals surface area contributed by atoms with E-state index in [1.54, 1.807) is 89.6 Å². The number of carbonyl (C=O) groups is 1. The van der Waals surface area contributed by atoms with Crippen LogP contribution in [0.4, 0.5) is 11.4 Å². The molecule has 1 aliphatic heterocycles. The predicted octanol–water partition coefficient (Wildman–Crippen LogP) is 9.28. The number of rotatable bonds is 4. The molecular weight excluding hydrogens is 1700 g/mol. The fraction of sp³-hybridized carbons (Fsp3) is 0.212. The molecule has 1 saturated heterocycles. The van der Waals surface area contributed by atoms with E-state index < -0.39 is 4.92 Å². The van der Waals surface area contributed by atoms with Crippen molar-refractivity contribution >= 4 is 166 Å². The van der Waals surface area contributed by atoms with E-state index in [2.05, 4.69) is 44.8 Å². The van der Waals surface area contributed by atoms with Gasteiger partial charge < -0.3 is 51.1 Å². The van der Waals surface area contributed by atoms with E-state index in [1.165, 1.54) is 36.7 Å². The van der Waals surface area contributed by atoms with Gasteiger partial charge in [0.15, 0.2) is 0 Å². The second kappa shape index (κ2) is 48.3. The van der Waals surface area contributed by atoms with E-state index in [-0.39, 0.29) is 190 Å². The number of nitrogen functional groups attached to an aromatic ring is 1. The zero-order valence-electron chi connectivity index (χ0n) is 50.9. The molecule has 466 valence electrons. The topological polar surface area (TPSA) is 319 Å². The molecule has 8 aromatic heterocycles. The van der Waals surface area contributed by atoms with Gasteiger partial charge in [-0.25, -0.2) is 15.0 Å². The fourth-order valence-corrected chi connectivity index (χ4v) is 7.49. The average Bonchev–Trinajstić information content (AvgIpc) is 3.63. The molecule has 89 heavy (non-hydrogen) atoms. The summed E-state index contributed by atoms with van der Waals surface area (Å²) in [6, 6.07) is 15.8. The third kappa shape index (κ3) is 38.6. The number of aromatic hydroxyl groups is 3. The van der Waals surface area contributed by atoms with Crippen molar-refractivity contribution in [3.63, 3.8) is 0 Å². The smallest absolute Gasteiger partial charge is 1.00 e. The molecule has 0 atom stereocenters. The maximum absolute atomic E-state index is 10.2. The number of nitro groups is 1. The molecule has 9 heterocycles. The van der Waals surface area contributed by atoms with Crippen LogP contribution >= 0.6 is 127 Å². The van der Waals surface area contributed by atoms with E-state index in [0.29, 0.717) is 77.7 Å². The number of anilines is 1. The second-order valence-corrected chi connectivity index (χ2v) is 21.5. The van der Waals surface area contributed by atoms with Crippen LogP contribution in [0.2, 0.25) is 65.9 Å². The van der Waals surface area contributed by atoms with Crippen molar-refractivity contribution < 1.29 is 193 Å². The van der Waals surface area contributed by atoms with Crippen LogP contribution in [-0.2, 0) is 23.4 Å². The summed E-state index contributed by atoms with van der Waals surface area (Å²) in [5, 5.41) is 50.0. The van der Waals surface area contributed by atoms with Crippen LogP contribution < -0.4 is 154 Å². The minimum atomic E-state index is -0.529. The standard InChI is InChI=1S/C12H10Cl2N2O.C7H8ClNO.C6H5ClINO.C6H5ClN2O2.C6H7ClN2.C6H6ClNO.C5H3Cl2N.C3H9B3O3.CH2O3.2Cs.H/c1-7-10(13)6-11(8(2)16-7)17-9-3-4-15-12(14)5-9;1-4-6(8)3-7(10)5(2)9-4;1-3-4(7)2-5(10)6(8)9-3;1-4-6(7)2-5(3-8-4)9(10)11;1-4-6(7)2-5(8)3-9-4;1-4-6(7)2-5(9)3-8-4;6-4-1-2-8-5(7)3-4;1-4-7-5(2)9-6(3)8-4;2-1-4-3;;;/h3-6H,1-2H3;3,10H,1-2H3;2,10H,1H3;2-3H,1H3;2-3H,8H2,1H3;2-3,9H,1H3;1-3H;1-3H3;1,3H;;;/q;;;;;;;;;2*+1;-1/p-1. The first-order chi connectivity index (χ1) is 40.7. The first-order valence-corrected chi connectivity index (χ1v) is 28.8. The van der Waals surface area contributed by atoms with Gasteiger partial charge in [0.1, 0.15) is 49.0 Å². The quantitative estimate of drug-likeness (QED) is 0.0242. The molecule has 37 heteroatoms. The van der Waals surface area contributed by atoms with Crippen molar-refractivity contribution in [2.45, 2.75) is 75.9 Å². The molecule has 0 unspecified atom stereocenters. The molecule has 0 bridgehead atoms. The van der Waals surface area contributed by atoms with E-state index in [1.807, 2.05) is 63.8 Å². The van der Waals surface area contributed by atoms with Gasteiger partial charge >= 0.3 is 159 Å². The maximum Gasteiger partial charge on any atom is 1.00 e. The monoisotopic (exact) mass is 1750 g/mol. The largest absolute Gasteiger partial charge is 1.00 e. The Balaban J connectivity index is -0.000000958. The van der Waals surface area contributed by atoms with Gasteiger partial charge in [-0.2, -0.15) is 0 Å². The van der Waals surface area contributed by atoms with Crippen molar-refractivity contribution in [1.29, 1.82) is 0 Å². The maximum atomic E-state index is 10.2. The number of ether oxygens (including phenoxy) is 1. The van der Waals surface area contributed by atoms with Crippen molar-refractivity contribution in [3.05, 3.63) is 196 Å². The molecule has 9 rings (SSSR count). The minimum Gasteiger partial charge on any atom is -1.00 e. The van der Waals surface area contributed by atoms with E-state index >= 15 is 0 Å². The number of hydrogen-bond acceptors (Lipinski definition) is 21. The van der Waals surface area contributed by atoms with Crippen LogP contribution in [0, 0.1) is 69.2 Å². The summed E-state index contributed by atoms with van der Waals surface area (Å²) in [6.45, 7) is 19.7.